The summed E-state index contributed by atoms with van der Waals surface area (Å²) in [7, 11) is -2.67. The van der Waals surface area contributed by atoms with E-state index in [1.165, 1.54) is 0 Å². The average molecular weight is 386 g/mol. The van der Waals surface area contributed by atoms with Crippen molar-refractivity contribution < 1.29 is 48.0 Å². The topological polar surface area (TPSA) is 190 Å². The van der Waals surface area contributed by atoms with Crippen LogP contribution in [0.2, 0.25) is 0 Å². The van der Waals surface area contributed by atoms with Gasteiger partial charge in [-0.3, -0.25) is 29.0 Å². The molecule has 0 aliphatic carbocycles. The molecule has 25 heavy (non-hydrogen) atoms. The number of aliphatic carboxylic acids is 4. The standard InChI is InChI=1S/C10H16N2O8.C2H6O2S/c13-7(14)3-11(4-8(15)16)1-2-12(5-9(17)18)6-10(19)20;1-5(2,3)4/h1-6H2,(H,13,14)(H,15,16)(H,17,18)(H,19,20);1-2H3. The Labute approximate surface area is 144 Å². The molecule has 0 aromatic heterocycles. The van der Waals surface area contributed by atoms with E-state index < -0.39 is 59.9 Å². The first kappa shape index (κ1) is 25.0. The van der Waals surface area contributed by atoms with Crippen LogP contribution in [0.3, 0.4) is 0 Å². The highest BCUT2D eigenvalue weighted by atomic mass is 32.2. The number of carboxylic acid groups (broad SMARTS) is 4. The molecule has 0 saturated heterocycles. The molecule has 146 valence electrons. The summed E-state index contributed by atoms with van der Waals surface area (Å²) in [6, 6.07) is 0. The Kier molecular flexibility index (Phi) is 12.2. The molecule has 0 radical (unpaired) electrons. The molecule has 0 aromatic rings. The Balaban J connectivity index is 0. The maximum absolute atomic E-state index is 10.6. The van der Waals surface area contributed by atoms with E-state index in [1.54, 1.807) is 0 Å². The molecule has 0 bridgehead atoms. The van der Waals surface area contributed by atoms with Crippen LogP contribution in [-0.2, 0) is 29.0 Å². The van der Waals surface area contributed by atoms with Crippen LogP contribution in [0.15, 0.2) is 0 Å². The minimum Gasteiger partial charge on any atom is -0.480 e. The quantitative estimate of drug-likeness (QED) is 0.294. The van der Waals surface area contributed by atoms with E-state index in [2.05, 4.69) is 0 Å². The number of rotatable bonds is 11. The predicted molar refractivity (Wildman–Crippen MR) is 84.2 cm³/mol. The van der Waals surface area contributed by atoms with Gasteiger partial charge in [-0.05, 0) is 0 Å². The fraction of sp³-hybridized carbons (Fsp3) is 0.667. The summed E-state index contributed by atoms with van der Waals surface area (Å²) < 4.78 is 19.3. The average Bonchev–Trinajstić information content (AvgIpc) is 2.30. The van der Waals surface area contributed by atoms with Gasteiger partial charge in [-0.25, -0.2) is 8.42 Å². The molecule has 0 unspecified atom stereocenters. The summed E-state index contributed by atoms with van der Waals surface area (Å²) in [5.41, 5.74) is 0. The third kappa shape index (κ3) is 24.1. The second kappa shape index (κ2) is 12.2. The number of hydrogen-bond acceptors (Lipinski definition) is 8. The van der Waals surface area contributed by atoms with Crippen LogP contribution in [0, 0.1) is 0 Å². The minimum atomic E-state index is -2.67. The molecule has 12 nitrogen and oxygen atoms in total. The van der Waals surface area contributed by atoms with Gasteiger partial charge in [-0.15, -0.1) is 0 Å². The lowest BCUT2D eigenvalue weighted by Gasteiger charge is -2.23. The van der Waals surface area contributed by atoms with E-state index in [0.717, 1.165) is 22.3 Å². The Morgan fingerprint density at radius 2 is 0.800 bits per heavy atom. The van der Waals surface area contributed by atoms with Crippen molar-refractivity contribution >= 4 is 33.7 Å². The highest BCUT2D eigenvalue weighted by Crippen LogP contribution is 1.94. The van der Waals surface area contributed by atoms with Gasteiger partial charge in [0, 0.05) is 25.6 Å². The van der Waals surface area contributed by atoms with Crippen LogP contribution < -0.4 is 0 Å². The summed E-state index contributed by atoms with van der Waals surface area (Å²) in [4.78, 5) is 44.4. The van der Waals surface area contributed by atoms with E-state index in [9.17, 15) is 27.6 Å². The smallest absolute Gasteiger partial charge is 0.317 e. The highest BCUT2D eigenvalue weighted by Gasteiger charge is 2.17. The first-order valence-electron chi connectivity index (χ1n) is 6.67. The molecule has 13 heteroatoms. The molecule has 0 saturated carbocycles. The molecule has 0 spiro atoms. The SMILES string of the molecule is CS(C)(=O)=O.O=C(O)CN(CCN(CC(=O)O)CC(=O)O)CC(=O)O. The van der Waals surface area contributed by atoms with Crippen LogP contribution in [0.4, 0.5) is 0 Å². The van der Waals surface area contributed by atoms with Crippen molar-refractivity contribution in [3.05, 3.63) is 0 Å². The second-order valence-corrected chi connectivity index (χ2v) is 7.43. The number of nitrogens with zero attached hydrogens (tertiary/aromatic N) is 2. The largest absolute Gasteiger partial charge is 0.480 e. The van der Waals surface area contributed by atoms with E-state index in [1.807, 2.05) is 0 Å². The fourth-order valence-electron chi connectivity index (χ4n) is 1.48. The van der Waals surface area contributed by atoms with Gasteiger partial charge in [0.25, 0.3) is 0 Å². The van der Waals surface area contributed by atoms with E-state index in [-0.39, 0.29) is 13.1 Å². The van der Waals surface area contributed by atoms with Crippen molar-refractivity contribution in [3.8, 4) is 0 Å². The van der Waals surface area contributed by atoms with Crippen molar-refractivity contribution in [3.63, 3.8) is 0 Å². The van der Waals surface area contributed by atoms with Crippen LogP contribution >= 0.6 is 0 Å². The molecule has 4 N–H and O–H groups in total. The van der Waals surface area contributed by atoms with Gasteiger partial charge >= 0.3 is 23.9 Å². The highest BCUT2D eigenvalue weighted by molar-refractivity contribution is 7.89. The zero-order valence-corrected chi connectivity index (χ0v) is 14.6. The van der Waals surface area contributed by atoms with Crippen molar-refractivity contribution in [2.75, 3.05) is 51.8 Å². The first-order chi connectivity index (χ1) is 11.2. The Hall–Kier alpha value is -2.25. The number of hydrogen-bond donors (Lipinski definition) is 4. The Morgan fingerprint density at radius 1 is 0.640 bits per heavy atom. The third-order valence-corrected chi connectivity index (χ3v) is 2.17. The number of carboxylic acids is 4. The molecule has 0 amide bonds. The van der Waals surface area contributed by atoms with Crippen molar-refractivity contribution in [1.29, 1.82) is 0 Å². The van der Waals surface area contributed by atoms with Gasteiger partial charge in [0.05, 0.1) is 26.2 Å². The number of sulfone groups is 1. The van der Waals surface area contributed by atoms with Gasteiger partial charge < -0.3 is 20.4 Å². The summed E-state index contributed by atoms with van der Waals surface area (Å²) in [5.74, 6) is -4.91. The van der Waals surface area contributed by atoms with E-state index >= 15 is 0 Å². The van der Waals surface area contributed by atoms with Crippen LogP contribution in [0.25, 0.3) is 0 Å². The van der Waals surface area contributed by atoms with Crippen LogP contribution in [0.5, 0.6) is 0 Å². The van der Waals surface area contributed by atoms with E-state index in [4.69, 9.17) is 20.4 Å². The maximum Gasteiger partial charge on any atom is 0.317 e. The summed E-state index contributed by atoms with van der Waals surface area (Å²) in [6.45, 7) is -2.25. The Bertz CT molecular complexity index is 498. The zero-order chi connectivity index (χ0) is 20.2. The minimum absolute atomic E-state index is 0.0703. The molecule has 0 fully saturated rings. The van der Waals surface area contributed by atoms with Crippen LogP contribution in [-0.4, -0.2) is 114 Å². The molecular formula is C12H22N2O10S. The molecular weight excluding hydrogens is 364 g/mol. The van der Waals surface area contributed by atoms with Crippen LogP contribution in [0.1, 0.15) is 0 Å². The molecule has 0 aliphatic heterocycles. The van der Waals surface area contributed by atoms with Crippen molar-refractivity contribution in [2.24, 2.45) is 0 Å². The predicted octanol–water partition coefficient (Wildman–Crippen LogP) is -2.41. The van der Waals surface area contributed by atoms with Crippen molar-refractivity contribution in [1.82, 2.24) is 9.80 Å². The monoisotopic (exact) mass is 386 g/mol. The molecule has 0 aromatic carbocycles. The van der Waals surface area contributed by atoms with Gasteiger partial charge in [0.15, 0.2) is 0 Å². The van der Waals surface area contributed by atoms with Gasteiger partial charge in [-0.1, -0.05) is 0 Å². The Morgan fingerprint density at radius 3 is 0.920 bits per heavy atom. The normalized spacial score (nSPS) is 10.9. The lowest BCUT2D eigenvalue weighted by molar-refractivity contribution is -0.145. The van der Waals surface area contributed by atoms with Gasteiger partial charge in [0.1, 0.15) is 9.84 Å². The third-order valence-electron chi connectivity index (χ3n) is 2.17. The second-order valence-electron chi connectivity index (χ2n) is 5.14. The van der Waals surface area contributed by atoms with Gasteiger partial charge in [0.2, 0.25) is 0 Å². The summed E-state index contributed by atoms with van der Waals surface area (Å²) in [5, 5.41) is 34.5. The fourth-order valence-corrected chi connectivity index (χ4v) is 1.48. The van der Waals surface area contributed by atoms with E-state index in [0.29, 0.717) is 0 Å². The summed E-state index contributed by atoms with van der Waals surface area (Å²) >= 11 is 0. The maximum atomic E-state index is 10.6. The lowest BCUT2D eigenvalue weighted by Crippen LogP contribution is -2.43. The molecule has 0 heterocycles. The molecule has 0 rings (SSSR count). The summed E-state index contributed by atoms with van der Waals surface area (Å²) in [6.07, 6.45) is 2.32. The molecule has 0 atom stereocenters. The lowest BCUT2D eigenvalue weighted by atomic mass is 10.4. The van der Waals surface area contributed by atoms with Crippen molar-refractivity contribution in [2.45, 2.75) is 0 Å². The molecule has 0 aliphatic rings. The number of carbonyl (C=O) groups is 4. The van der Waals surface area contributed by atoms with Gasteiger partial charge in [-0.2, -0.15) is 0 Å². The zero-order valence-electron chi connectivity index (χ0n) is 13.8. The first-order valence-corrected chi connectivity index (χ1v) is 8.97.